The van der Waals surface area contributed by atoms with Gasteiger partial charge in [-0.2, -0.15) is 5.10 Å². The molecule has 0 aliphatic rings. The molecule has 0 amide bonds. The van der Waals surface area contributed by atoms with Gasteiger partial charge in [0.2, 0.25) is 0 Å². The fraction of sp³-hybridized carbons (Fsp3) is 0.417. The topological polar surface area (TPSA) is 69.6 Å². The van der Waals surface area contributed by atoms with Gasteiger partial charge >= 0.3 is 0 Å². The van der Waals surface area contributed by atoms with Crippen LogP contribution in [0.2, 0.25) is 0 Å². The monoisotopic (exact) mass is 231 g/mol. The molecule has 2 rings (SSSR count). The van der Waals surface area contributed by atoms with Gasteiger partial charge in [0, 0.05) is 5.69 Å². The SMILES string of the molecule is Cc1c(C(C)C)nn(-c2ncc(N)cn2)c1C. The molecule has 0 aliphatic carbocycles. The van der Waals surface area contributed by atoms with Crippen LogP contribution < -0.4 is 5.73 Å². The molecule has 2 aromatic heterocycles. The van der Waals surface area contributed by atoms with Crippen molar-refractivity contribution >= 4 is 5.69 Å². The van der Waals surface area contributed by atoms with E-state index in [0.29, 0.717) is 17.6 Å². The van der Waals surface area contributed by atoms with Gasteiger partial charge in [0.05, 0.1) is 23.8 Å². The highest BCUT2D eigenvalue weighted by Crippen LogP contribution is 2.21. The van der Waals surface area contributed by atoms with Crippen molar-refractivity contribution in [3.8, 4) is 5.95 Å². The number of nitrogen functional groups attached to an aromatic ring is 1. The van der Waals surface area contributed by atoms with Gasteiger partial charge in [-0.3, -0.25) is 0 Å². The zero-order valence-corrected chi connectivity index (χ0v) is 10.6. The van der Waals surface area contributed by atoms with E-state index in [0.717, 1.165) is 11.4 Å². The second-order valence-electron chi connectivity index (χ2n) is 4.48. The lowest BCUT2D eigenvalue weighted by Gasteiger charge is -2.02. The van der Waals surface area contributed by atoms with Crippen LogP contribution in [0.5, 0.6) is 0 Å². The van der Waals surface area contributed by atoms with E-state index in [-0.39, 0.29) is 0 Å². The van der Waals surface area contributed by atoms with E-state index in [1.54, 1.807) is 17.1 Å². The Morgan fingerprint density at radius 1 is 1.18 bits per heavy atom. The standard InChI is InChI=1S/C12H17N5/c1-7(2)11-8(3)9(4)17(16-11)12-14-5-10(13)6-15-12/h5-7H,13H2,1-4H3. The minimum atomic E-state index is 0.392. The third kappa shape index (κ3) is 2.00. The minimum Gasteiger partial charge on any atom is -0.396 e. The summed E-state index contributed by atoms with van der Waals surface area (Å²) in [4.78, 5) is 8.37. The molecular formula is C12H17N5. The summed E-state index contributed by atoms with van der Waals surface area (Å²) in [5.41, 5.74) is 9.48. The molecule has 2 aromatic rings. The van der Waals surface area contributed by atoms with Gasteiger partial charge < -0.3 is 5.73 Å². The number of aromatic nitrogens is 4. The molecule has 5 heteroatoms. The first-order valence-corrected chi connectivity index (χ1v) is 5.64. The van der Waals surface area contributed by atoms with E-state index in [2.05, 4.69) is 35.8 Å². The Kier molecular flexibility index (Phi) is 2.83. The summed E-state index contributed by atoms with van der Waals surface area (Å²) in [6.07, 6.45) is 3.18. The molecule has 0 fully saturated rings. The molecule has 0 aliphatic heterocycles. The Morgan fingerprint density at radius 2 is 1.76 bits per heavy atom. The molecule has 90 valence electrons. The maximum absolute atomic E-state index is 5.57. The molecule has 2 heterocycles. The molecular weight excluding hydrogens is 214 g/mol. The predicted molar refractivity (Wildman–Crippen MR) is 67.1 cm³/mol. The van der Waals surface area contributed by atoms with Crippen LogP contribution in [-0.2, 0) is 0 Å². The quantitative estimate of drug-likeness (QED) is 0.858. The fourth-order valence-electron chi connectivity index (χ4n) is 1.79. The number of rotatable bonds is 2. The van der Waals surface area contributed by atoms with Gasteiger partial charge in [0.15, 0.2) is 0 Å². The summed E-state index contributed by atoms with van der Waals surface area (Å²) < 4.78 is 1.77. The fourth-order valence-corrected chi connectivity index (χ4v) is 1.79. The van der Waals surface area contributed by atoms with Gasteiger partial charge in [-0.05, 0) is 25.3 Å². The summed E-state index contributed by atoms with van der Waals surface area (Å²) in [6, 6.07) is 0. The summed E-state index contributed by atoms with van der Waals surface area (Å²) in [6.45, 7) is 8.35. The van der Waals surface area contributed by atoms with Crippen molar-refractivity contribution in [2.45, 2.75) is 33.6 Å². The van der Waals surface area contributed by atoms with E-state index in [1.165, 1.54) is 5.56 Å². The van der Waals surface area contributed by atoms with Gasteiger partial charge in [-0.25, -0.2) is 14.6 Å². The lowest BCUT2D eigenvalue weighted by atomic mass is 10.1. The van der Waals surface area contributed by atoms with Crippen LogP contribution in [-0.4, -0.2) is 19.7 Å². The molecule has 2 N–H and O–H groups in total. The average Bonchev–Trinajstić information content (AvgIpc) is 2.58. The largest absolute Gasteiger partial charge is 0.396 e. The number of nitrogens with zero attached hydrogens (tertiary/aromatic N) is 4. The highest BCUT2D eigenvalue weighted by Gasteiger charge is 2.15. The smallest absolute Gasteiger partial charge is 0.250 e. The van der Waals surface area contributed by atoms with Crippen LogP contribution in [0, 0.1) is 13.8 Å². The molecule has 0 unspecified atom stereocenters. The number of anilines is 1. The first-order chi connectivity index (χ1) is 8.00. The molecule has 0 saturated carbocycles. The van der Waals surface area contributed by atoms with Gasteiger partial charge in [0.1, 0.15) is 0 Å². The van der Waals surface area contributed by atoms with Crippen molar-refractivity contribution in [1.29, 1.82) is 0 Å². The van der Waals surface area contributed by atoms with E-state index in [4.69, 9.17) is 5.73 Å². The van der Waals surface area contributed by atoms with Crippen molar-refractivity contribution in [3.05, 3.63) is 29.3 Å². The Bertz CT molecular complexity index is 525. The Hall–Kier alpha value is -1.91. The first kappa shape index (κ1) is 11.6. The normalized spacial score (nSPS) is 11.1. The van der Waals surface area contributed by atoms with E-state index < -0.39 is 0 Å². The highest BCUT2D eigenvalue weighted by atomic mass is 15.4. The van der Waals surface area contributed by atoms with Gasteiger partial charge in [-0.1, -0.05) is 13.8 Å². The molecule has 0 aromatic carbocycles. The third-order valence-electron chi connectivity index (χ3n) is 2.85. The van der Waals surface area contributed by atoms with Crippen LogP contribution in [0.15, 0.2) is 12.4 Å². The maximum atomic E-state index is 5.57. The molecule has 17 heavy (non-hydrogen) atoms. The molecule has 0 atom stereocenters. The molecule has 0 radical (unpaired) electrons. The maximum Gasteiger partial charge on any atom is 0.250 e. The van der Waals surface area contributed by atoms with Gasteiger partial charge in [0.25, 0.3) is 5.95 Å². The van der Waals surface area contributed by atoms with Crippen LogP contribution in [0.1, 0.15) is 36.7 Å². The van der Waals surface area contributed by atoms with Crippen LogP contribution in [0.25, 0.3) is 5.95 Å². The Morgan fingerprint density at radius 3 is 2.24 bits per heavy atom. The summed E-state index contributed by atoms with van der Waals surface area (Å²) in [5, 5.41) is 4.56. The predicted octanol–water partition coefficient (Wildman–Crippen LogP) is 1.98. The number of nitrogens with two attached hydrogens (primary N) is 1. The van der Waals surface area contributed by atoms with E-state index >= 15 is 0 Å². The minimum absolute atomic E-state index is 0.392. The van der Waals surface area contributed by atoms with Crippen molar-refractivity contribution < 1.29 is 0 Å². The number of hydrogen-bond donors (Lipinski definition) is 1. The van der Waals surface area contributed by atoms with Gasteiger partial charge in [-0.15, -0.1) is 0 Å². The Labute approximate surface area is 101 Å². The first-order valence-electron chi connectivity index (χ1n) is 5.64. The van der Waals surface area contributed by atoms with Crippen molar-refractivity contribution in [2.75, 3.05) is 5.73 Å². The third-order valence-corrected chi connectivity index (χ3v) is 2.85. The second-order valence-corrected chi connectivity index (χ2v) is 4.48. The van der Waals surface area contributed by atoms with E-state index in [9.17, 15) is 0 Å². The van der Waals surface area contributed by atoms with Crippen LogP contribution in [0.4, 0.5) is 5.69 Å². The zero-order valence-electron chi connectivity index (χ0n) is 10.6. The highest BCUT2D eigenvalue weighted by molar-refractivity contribution is 5.35. The zero-order chi connectivity index (χ0) is 12.6. The summed E-state index contributed by atoms with van der Waals surface area (Å²) in [5.74, 6) is 0.954. The van der Waals surface area contributed by atoms with Crippen molar-refractivity contribution in [1.82, 2.24) is 19.7 Å². The number of hydrogen-bond acceptors (Lipinski definition) is 4. The lowest BCUT2D eigenvalue weighted by molar-refractivity contribution is 0.731. The van der Waals surface area contributed by atoms with Crippen LogP contribution in [0.3, 0.4) is 0 Å². The lowest BCUT2D eigenvalue weighted by Crippen LogP contribution is -2.05. The average molecular weight is 231 g/mol. The van der Waals surface area contributed by atoms with Crippen LogP contribution >= 0.6 is 0 Å². The van der Waals surface area contributed by atoms with Crippen molar-refractivity contribution in [2.24, 2.45) is 0 Å². The Balaban J connectivity index is 2.53. The molecule has 0 bridgehead atoms. The van der Waals surface area contributed by atoms with E-state index in [1.807, 2.05) is 6.92 Å². The molecule has 0 spiro atoms. The summed E-state index contributed by atoms with van der Waals surface area (Å²) >= 11 is 0. The van der Waals surface area contributed by atoms with Crippen molar-refractivity contribution in [3.63, 3.8) is 0 Å². The second kappa shape index (κ2) is 4.16. The molecule has 0 saturated heterocycles. The molecule has 5 nitrogen and oxygen atoms in total. The summed E-state index contributed by atoms with van der Waals surface area (Å²) in [7, 11) is 0.